The number of aliphatic carboxylic acids is 1. The maximum Gasteiger partial charge on any atom is 0.331 e. The van der Waals surface area contributed by atoms with Gasteiger partial charge in [-0.25, -0.2) is 4.79 Å². The summed E-state index contributed by atoms with van der Waals surface area (Å²) in [6.45, 7) is 7.87. The van der Waals surface area contributed by atoms with Gasteiger partial charge in [-0.05, 0) is 13.3 Å². The number of carbonyl (C=O) groups is 1. The quantitative estimate of drug-likeness (QED) is 0.373. The Morgan fingerprint density at radius 3 is 2.53 bits per heavy atom. The van der Waals surface area contributed by atoms with E-state index in [9.17, 15) is 9.36 Å². The molecule has 0 saturated heterocycles. The molecule has 2 atom stereocenters. The molecule has 5 heteroatoms. The van der Waals surface area contributed by atoms with Crippen LogP contribution >= 0.6 is 7.80 Å². The molecule has 0 aromatic carbocycles. The molecule has 0 spiro atoms. The van der Waals surface area contributed by atoms with Crippen LogP contribution in [-0.2, 0) is 14.1 Å². The first kappa shape index (κ1) is 16.4. The van der Waals surface area contributed by atoms with E-state index in [1.807, 2.05) is 6.92 Å². The number of rotatable bonds is 10. The van der Waals surface area contributed by atoms with Crippen molar-refractivity contribution in [1.82, 2.24) is 0 Å². The van der Waals surface area contributed by atoms with Crippen LogP contribution in [0.15, 0.2) is 12.2 Å². The van der Waals surface area contributed by atoms with Crippen LogP contribution < -0.4 is 0 Å². The predicted octanol–water partition coefficient (Wildman–Crippen LogP) is 3.13. The fourth-order valence-corrected chi connectivity index (χ4v) is 3.20. The summed E-state index contributed by atoms with van der Waals surface area (Å²) in [5.41, 5.74) is 0.00841. The van der Waals surface area contributed by atoms with Gasteiger partial charge in [-0.2, -0.15) is 0 Å². The first-order valence-electron chi connectivity index (χ1n) is 6.08. The third kappa shape index (κ3) is 7.35. The van der Waals surface area contributed by atoms with E-state index in [2.05, 4.69) is 13.5 Å². The Labute approximate surface area is 104 Å². The van der Waals surface area contributed by atoms with Crippen molar-refractivity contribution in [2.75, 3.05) is 12.8 Å². The molecule has 2 unspecified atom stereocenters. The van der Waals surface area contributed by atoms with Crippen LogP contribution in [0.5, 0.6) is 0 Å². The lowest BCUT2D eigenvalue weighted by molar-refractivity contribution is -0.132. The van der Waals surface area contributed by atoms with Gasteiger partial charge in [0.1, 0.15) is 13.6 Å². The fourth-order valence-electron chi connectivity index (χ4n) is 1.52. The van der Waals surface area contributed by atoms with Crippen molar-refractivity contribution in [3.8, 4) is 0 Å². The number of carboxylic acid groups (broad SMARTS) is 1. The van der Waals surface area contributed by atoms with Gasteiger partial charge >= 0.3 is 5.97 Å². The highest BCUT2D eigenvalue weighted by Gasteiger charge is 2.19. The summed E-state index contributed by atoms with van der Waals surface area (Å²) in [4.78, 5) is 10.6. The molecule has 4 nitrogen and oxygen atoms in total. The normalized spacial score (nSPS) is 14.2. The second kappa shape index (κ2) is 9.43. The molecule has 0 aromatic heterocycles. The summed E-state index contributed by atoms with van der Waals surface area (Å²) in [7, 11) is -2.07. The van der Waals surface area contributed by atoms with Gasteiger partial charge in [0.15, 0.2) is 0 Å². The molecular weight excluding hydrogens is 239 g/mol. The Hall–Kier alpha value is -0.600. The molecule has 0 aromatic rings. The number of carboxylic acids is 1. The molecular formula is C12H23O4P. The Balaban J connectivity index is 4.23. The molecule has 0 aliphatic rings. The highest BCUT2D eigenvalue weighted by Crippen LogP contribution is 2.34. The van der Waals surface area contributed by atoms with Crippen LogP contribution in [0.1, 0.15) is 39.5 Å². The molecule has 0 aliphatic carbocycles. The lowest BCUT2D eigenvalue weighted by Gasteiger charge is -2.16. The van der Waals surface area contributed by atoms with Crippen molar-refractivity contribution in [1.29, 1.82) is 0 Å². The van der Waals surface area contributed by atoms with Crippen LogP contribution in [0.3, 0.4) is 0 Å². The Bertz CT molecular complexity index is 276. The fraction of sp³-hybridized carbons (Fsp3) is 0.750. The molecule has 0 bridgehead atoms. The smallest absolute Gasteiger partial charge is 0.331 e. The van der Waals surface area contributed by atoms with Gasteiger partial charge in [-0.3, -0.25) is 0 Å². The van der Waals surface area contributed by atoms with Crippen molar-refractivity contribution in [3.05, 3.63) is 12.2 Å². The number of ether oxygens (including phenoxy) is 1. The molecule has 0 rings (SSSR count). The predicted molar refractivity (Wildman–Crippen MR) is 70.2 cm³/mol. The van der Waals surface area contributed by atoms with Crippen LogP contribution in [0, 0.1) is 0 Å². The molecule has 0 heterocycles. The average Bonchev–Trinajstić information content (AvgIpc) is 2.27. The number of hydrogen-bond acceptors (Lipinski definition) is 3. The summed E-state index contributed by atoms with van der Waals surface area (Å²) < 4.78 is 17.4. The Morgan fingerprint density at radius 1 is 1.41 bits per heavy atom. The molecule has 1 N–H and O–H groups in total. The van der Waals surface area contributed by atoms with Gasteiger partial charge in [-0.15, -0.1) is 0 Å². The van der Waals surface area contributed by atoms with E-state index in [0.717, 1.165) is 25.7 Å². The van der Waals surface area contributed by atoms with E-state index in [-0.39, 0.29) is 17.6 Å². The van der Waals surface area contributed by atoms with E-state index < -0.39 is 13.8 Å². The van der Waals surface area contributed by atoms with Crippen LogP contribution in [0.2, 0.25) is 0 Å². The second-order valence-electron chi connectivity index (χ2n) is 3.99. The third-order valence-electron chi connectivity index (χ3n) is 2.49. The SMILES string of the molecule is C=C(C[PH](=O)C(CCCCC)OCC)C(=O)O. The molecule has 0 saturated carbocycles. The maximum atomic E-state index is 12.0. The third-order valence-corrected chi connectivity index (χ3v) is 4.44. The van der Waals surface area contributed by atoms with Crippen molar-refractivity contribution >= 4 is 13.8 Å². The molecule has 100 valence electrons. The van der Waals surface area contributed by atoms with Crippen LogP contribution in [0.25, 0.3) is 0 Å². The lowest BCUT2D eigenvalue weighted by Crippen LogP contribution is -2.12. The van der Waals surface area contributed by atoms with Gasteiger partial charge in [0, 0.05) is 18.3 Å². The van der Waals surface area contributed by atoms with Gasteiger partial charge in [0.25, 0.3) is 0 Å². The summed E-state index contributed by atoms with van der Waals surface area (Å²) in [6.07, 6.45) is 3.94. The summed E-state index contributed by atoms with van der Waals surface area (Å²) in [5, 5.41) is 8.69. The van der Waals surface area contributed by atoms with E-state index in [1.165, 1.54) is 0 Å². The standard InChI is InChI=1S/C12H23O4P/c1-4-6-7-8-11(16-5-2)17(15)9-10(3)12(13)14/h11,17H,3-9H2,1-2H3,(H,13,14). The molecule has 0 fully saturated rings. The summed E-state index contributed by atoms with van der Waals surface area (Å²) >= 11 is 0. The van der Waals surface area contributed by atoms with E-state index >= 15 is 0 Å². The highest BCUT2D eigenvalue weighted by atomic mass is 31.1. The van der Waals surface area contributed by atoms with Gasteiger partial charge in [-0.1, -0.05) is 32.8 Å². The van der Waals surface area contributed by atoms with E-state index in [1.54, 1.807) is 0 Å². The summed E-state index contributed by atoms with van der Waals surface area (Å²) in [6, 6.07) is 0. The Morgan fingerprint density at radius 2 is 2.06 bits per heavy atom. The maximum absolute atomic E-state index is 12.0. The van der Waals surface area contributed by atoms with Gasteiger partial charge in [0.2, 0.25) is 0 Å². The van der Waals surface area contributed by atoms with Crippen LogP contribution in [0.4, 0.5) is 0 Å². The molecule has 0 amide bonds. The van der Waals surface area contributed by atoms with Crippen molar-refractivity contribution in [2.45, 2.75) is 45.4 Å². The average molecular weight is 262 g/mol. The highest BCUT2D eigenvalue weighted by molar-refractivity contribution is 7.45. The van der Waals surface area contributed by atoms with Crippen molar-refractivity contribution < 1.29 is 19.2 Å². The van der Waals surface area contributed by atoms with Gasteiger partial charge < -0.3 is 14.4 Å². The summed E-state index contributed by atoms with van der Waals surface area (Å²) in [5.74, 6) is -1.38. The minimum atomic E-state index is -2.07. The number of hydrogen-bond donors (Lipinski definition) is 1. The zero-order chi connectivity index (χ0) is 13.3. The number of unbranched alkanes of at least 4 members (excludes halogenated alkanes) is 2. The topological polar surface area (TPSA) is 63.6 Å². The zero-order valence-corrected chi connectivity index (χ0v) is 11.7. The lowest BCUT2D eigenvalue weighted by atomic mass is 10.2. The first-order chi connectivity index (χ1) is 8.02. The second-order valence-corrected chi connectivity index (χ2v) is 5.92. The van der Waals surface area contributed by atoms with Gasteiger partial charge in [0.05, 0.1) is 0 Å². The minimum Gasteiger partial charge on any atom is -0.478 e. The first-order valence-corrected chi connectivity index (χ1v) is 7.77. The van der Waals surface area contributed by atoms with Crippen molar-refractivity contribution in [3.63, 3.8) is 0 Å². The van der Waals surface area contributed by atoms with E-state index in [0.29, 0.717) is 6.61 Å². The molecule has 0 radical (unpaired) electrons. The van der Waals surface area contributed by atoms with E-state index in [4.69, 9.17) is 9.84 Å². The molecule has 17 heavy (non-hydrogen) atoms. The van der Waals surface area contributed by atoms with Crippen LogP contribution in [-0.4, -0.2) is 29.7 Å². The zero-order valence-electron chi connectivity index (χ0n) is 10.7. The van der Waals surface area contributed by atoms with Crippen molar-refractivity contribution in [2.24, 2.45) is 0 Å². The largest absolute Gasteiger partial charge is 0.478 e. The monoisotopic (exact) mass is 262 g/mol. The minimum absolute atomic E-state index is 0.00841. The Kier molecular flexibility index (Phi) is 9.10. The molecule has 0 aliphatic heterocycles.